The first-order valence-corrected chi connectivity index (χ1v) is 11.8. The monoisotopic (exact) mass is 488 g/mol. The molecular formula is C29H28O7. The molecular weight excluding hydrogens is 460 g/mol. The lowest BCUT2D eigenvalue weighted by atomic mass is 9.80. The highest BCUT2D eigenvalue weighted by molar-refractivity contribution is 6.11. The second kappa shape index (κ2) is 9.85. The molecule has 5 rings (SSSR count). The summed E-state index contributed by atoms with van der Waals surface area (Å²) in [5.41, 5.74) is 1.27. The number of hydrogen-bond acceptors (Lipinski definition) is 5. The smallest absolute Gasteiger partial charge is 0.331 e. The number of aliphatic carboxylic acids is 2. The number of allylic oxidation sites excluding steroid dienone is 2. The van der Waals surface area contributed by atoms with E-state index >= 15 is 0 Å². The zero-order valence-corrected chi connectivity index (χ0v) is 20.2. The third-order valence-electron chi connectivity index (χ3n) is 7.03. The Hall–Kier alpha value is -4.13. The van der Waals surface area contributed by atoms with Gasteiger partial charge in [-0.3, -0.25) is 9.59 Å². The molecule has 2 aliphatic rings. The van der Waals surface area contributed by atoms with E-state index in [1.807, 2.05) is 30.3 Å². The number of carbonyl (C=O) groups excluding carboxylic acids is 1. The van der Waals surface area contributed by atoms with Crippen molar-refractivity contribution in [2.45, 2.75) is 38.5 Å². The van der Waals surface area contributed by atoms with Crippen LogP contribution in [0.3, 0.4) is 0 Å². The number of phenols is 1. The summed E-state index contributed by atoms with van der Waals surface area (Å²) in [6, 6.07) is 13.8. The summed E-state index contributed by atoms with van der Waals surface area (Å²) in [4.78, 5) is 33.4. The Morgan fingerprint density at radius 2 is 1.69 bits per heavy atom. The minimum atomic E-state index is -1.08. The number of esters is 1. The van der Waals surface area contributed by atoms with Crippen LogP contribution in [0.25, 0.3) is 21.5 Å². The topological polar surface area (TPSA) is 121 Å². The third-order valence-corrected chi connectivity index (χ3v) is 7.03. The number of rotatable bonds is 3. The van der Waals surface area contributed by atoms with Gasteiger partial charge in [-0.05, 0) is 66.0 Å². The molecule has 186 valence electrons. The molecule has 2 atom stereocenters. The molecule has 3 aromatic rings. The number of hydrogen-bond donors (Lipinski definition) is 3. The molecule has 7 heteroatoms. The molecule has 2 unspecified atom stereocenters. The van der Waals surface area contributed by atoms with Crippen LogP contribution in [-0.2, 0) is 25.5 Å². The van der Waals surface area contributed by atoms with Crippen LogP contribution in [-0.4, -0.2) is 40.3 Å². The number of carbonyl (C=O) groups is 3. The summed E-state index contributed by atoms with van der Waals surface area (Å²) in [5.74, 6) is -2.13. The summed E-state index contributed by atoms with van der Waals surface area (Å²) >= 11 is 0. The van der Waals surface area contributed by atoms with Crippen molar-refractivity contribution in [3.8, 4) is 5.75 Å². The number of aromatic hydroxyl groups is 1. The first kappa shape index (κ1) is 25.0. The number of carboxylic acids is 2. The van der Waals surface area contributed by atoms with Crippen molar-refractivity contribution in [2.24, 2.45) is 5.41 Å². The number of carboxylic acid groups (broad SMARTS) is 2. The first-order chi connectivity index (χ1) is 17.2. The van der Waals surface area contributed by atoms with E-state index < -0.39 is 17.4 Å². The van der Waals surface area contributed by atoms with Crippen LogP contribution in [0.1, 0.15) is 43.2 Å². The van der Waals surface area contributed by atoms with Crippen LogP contribution < -0.4 is 0 Å². The standard InChI is InChI=1S/C20H18O3.C9H10O4/c1-23-20(22)17-8-4-7-13-14(17)9-10-15-12-5-2-3-6-16(12)19(21)11-18(13)15;1-9(8(12)13)4-2-3-6(5-9)7(10)11/h2-3,5-6,9-11,17,21H,4,7-8H2,1H3;2-4H,5H2,1H3,(H,10,11)(H,12,13). The predicted octanol–water partition coefficient (Wildman–Crippen LogP) is 5.34. The maximum atomic E-state index is 12.1. The third kappa shape index (κ3) is 4.56. The van der Waals surface area contributed by atoms with Crippen LogP contribution >= 0.6 is 0 Å². The second-order valence-corrected chi connectivity index (χ2v) is 9.39. The minimum absolute atomic E-state index is 0.0359. The molecule has 0 fully saturated rings. The second-order valence-electron chi connectivity index (χ2n) is 9.39. The summed E-state index contributed by atoms with van der Waals surface area (Å²) < 4.78 is 4.96. The fourth-order valence-electron chi connectivity index (χ4n) is 5.05. The van der Waals surface area contributed by atoms with Crippen molar-refractivity contribution >= 4 is 39.5 Å². The van der Waals surface area contributed by atoms with E-state index in [2.05, 4.69) is 12.1 Å². The Morgan fingerprint density at radius 1 is 1.00 bits per heavy atom. The number of methoxy groups -OCH3 is 1. The van der Waals surface area contributed by atoms with Crippen molar-refractivity contribution in [1.82, 2.24) is 0 Å². The lowest BCUT2D eigenvalue weighted by molar-refractivity contribution is -0.145. The van der Waals surface area contributed by atoms with Gasteiger partial charge in [0.15, 0.2) is 0 Å². The fraction of sp³-hybridized carbons (Fsp3) is 0.276. The highest BCUT2D eigenvalue weighted by atomic mass is 16.5. The van der Waals surface area contributed by atoms with Crippen molar-refractivity contribution in [3.63, 3.8) is 0 Å². The maximum Gasteiger partial charge on any atom is 0.331 e. The molecule has 2 aliphatic carbocycles. The highest BCUT2D eigenvalue weighted by Crippen LogP contribution is 2.41. The number of benzene rings is 3. The molecule has 0 aromatic heterocycles. The normalized spacial score (nSPS) is 20.6. The van der Waals surface area contributed by atoms with Gasteiger partial charge < -0.3 is 20.1 Å². The van der Waals surface area contributed by atoms with Gasteiger partial charge in [-0.2, -0.15) is 0 Å². The van der Waals surface area contributed by atoms with Gasteiger partial charge in [-0.25, -0.2) is 4.79 Å². The van der Waals surface area contributed by atoms with E-state index in [9.17, 15) is 19.5 Å². The van der Waals surface area contributed by atoms with Gasteiger partial charge in [-0.15, -0.1) is 0 Å². The predicted molar refractivity (Wildman–Crippen MR) is 136 cm³/mol. The van der Waals surface area contributed by atoms with Crippen molar-refractivity contribution in [3.05, 3.63) is 77.4 Å². The Morgan fingerprint density at radius 3 is 2.36 bits per heavy atom. The Labute approximate surface area is 208 Å². The van der Waals surface area contributed by atoms with Crippen LogP contribution in [0.15, 0.2) is 66.3 Å². The molecule has 0 heterocycles. The molecule has 0 saturated carbocycles. The average Bonchev–Trinajstić information content (AvgIpc) is 2.88. The lowest BCUT2D eigenvalue weighted by Gasteiger charge is -2.25. The molecule has 0 radical (unpaired) electrons. The lowest BCUT2D eigenvalue weighted by Crippen LogP contribution is -2.28. The van der Waals surface area contributed by atoms with Crippen LogP contribution in [0.4, 0.5) is 0 Å². The minimum Gasteiger partial charge on any atom is -0.507 e. The van der Waals surface area contributed by atoms with Crippen LogP contribution in [0, 0.1) is 5.41 Å². The van der Waals surface area contributed by atoms with Crippen molar-refractivity contribution < 1.29 is 34.4 Å². The largest absolute Gasteiger partial charge is 0.507 e. The number of fused-ring (bicyclic) bond motifs is 5. The van der Waals surface area contributed by atoms with Gasteiger partial charge in [0.2, 0.25) is 0 Å². The molecule has 0 amide bonds. The number of ether oxygens (including phenoxy) is 1. The summed E-state index contributed by atoms with van der Waals surface area (Å²) in [6.45, 7) is 1.50. The quantitative estimate of drug-likeness (QED) is 0.336. The zero-order valence-electron chi connectivity index (χ0n) is 20.2. The summed E-state index contributed by atoms with van der Waals surface area (Å²) in [6.07, 6.45) is 7.15. The van der Waals surface area contributed by atoms with Gasteiger partial charge >= 0.3 is 17.9 Å². The van der Waals surface area contributed by atoms with Gasteiger partial charge in [0, 0.05) is 11.0 Å². The van der Waals surface area contributed by atoms with Gasteiger partial charge in [0.05, 0.1) is 18.4 Å². The Balaban J connectivity index is 0.000000200. The van der Waals surface area contributed by atoms with Crippen LogP contribution in [0.2, 0.25) is 0 Å². The van der Waals surface area contributed by atoms with Crippen molar-refractivity contribution in [2.75, 3.05) is 7.11 Å². The van der Waals surface area contributed by atoms with E-state index in [0.717, 1.165) is 46.4 Å². The first-order valence-electron chi connectivity index (χ1n) is 11.8. The molecule has 0 bridgehead atoms. The average molecular weight is 489 g/mol. The molecule has 3 aromatic carbocycles. The SMILES string of the molecule is CC1(C(=O)O)C=CC=C(C(=O)O)C1.COC(=O)C1CCCc2c1ccc1c2cc(O)c2ccccc21. The zero-order chi connectivity index (χ0) is 26.0. The Kier molecular flexibility index (Phi) is 6.84. The molecule has 7 nitrogen and oxygen atoms in total. The summed E-state index contributed by atoms with van der Waals surface area (Å²) in [5, 5.41) is 32.0. The molecule has 0 saturated heterocycles. The van der Waals surface area contributed by atoms with Gasteiger partial charge in [0.25, 0.3) is 0 Å². The number of aryl methyl sites for hydroxylation is 1. The van der Waals surface area contributed by atoms with Crippen molar-refractivity contribution in [1.29, 1.82) is 0 Å². The number of phenolic OH excluding ortho intramolecular Hbond substituents is 1. The van der Waals surface area contributed by atoms with E-state index in [4.69, 9.17) is 14.9 Å². The van der Waals surface area contributed by atoms with E-state index in [1.165, 1.54) is 37.8 Å². The van der Waals surface area contributed by atoms with E-state index in [1.54, 1.807) is 0 Å². The highest BCUT2D eigenvalue weighted by Gasteiger charge is 2.34. The van der Waals surface area contributed by atoms with Gasteiger partial charge in [0.1, 0.15) is 5.75 Å². The summed E-state index contributed by atoms with van der Waals surface area (Å²) in [7, 11) is 1.44. The van der Waals surface area contributed by atoms with Crippen LogP contribution in [0.5, 0.6) is 5.75 Å². The fourth-order valence-corrected chi connectivity index (χ4v) is 5.05. The molecule has 0 aliphatic heterocycles. The maximum absolute atomic E-state index is 12.1. The molecule has 0 spiro atoms. The van der Waals surface area contributed by atoms with E-state index in [0.29, 0.717) is 5.75 Å². The molecule has 3 N–H and O–H groups in total. The van der Waals surface area contributed by atoms with E-state index in [-0.39, 0.29) is 23.9 Å². The Bertz CT molecular complexity index is 1430. The molecule has 36 heavy (non-hydrogen) atoms. The van der Waals surface area contributed by atoms with Gasteiger partial charge in [-0.1, -0.05) is 54.6 Å².